The summed E-state index contributed by atoms with van der Waals surface area (Å²) >= 11 is 0. The average Bonchev–Trinajstić information content (AvgIpc) is 3.18. The summed E-state index contributed by atoms with van der Waals surface area (Å²) in [6.07, 6.45) is 1.33. The topological polar surface area (TPSA) is 44.5 Å². The van der Waals surface area contributed by atoms with Crippen LogP contribution >= 0.6 is 0 Å². The lowest BCUT2D eigenvalue weighted by Crippen LogP contribution is -2.35. The highest BCUT2D eigenvalue weighted by atomic mass is 19.1. The predicted octanol–water partition coefficient (Wildman–Crippen LogP) is 4.80. The number of hydrogen-bond acceptors (Lipinski definition) is 4. The predicted molar refractivity (Wildman–Crippen MR) is 134 cm³/mol. The Kier molecular flexibility index (Phi) is 8.14. The number of nitrogens with zero attached hydrogens (tertiary/aromatic N) is 4. The van der Waals surface area contributed by atoms with Crippen molar-refractivity contribution in [2.24, 2.45) is 5.92 Å². The quantitative estimate of drug-likeness (QED) is 0.468. The molecule has 1 N–H and O–H groups in total. The number of rotatable bonds is 10. The van der Waals surface area contributed by atoms with Gasteiger partial charge in [-0.3, -0.25) is 9.80 Å². The molecule has 0 saturated heterocycles. The Bertz CT molecular complexity index is 1050. The summed E-state index contributed by atoms with van der Waals surface area (Å²) in [5, 5.41) is 15.5. The summed E-state index contributed by atoms with van der Waals surface area (Å²) in [7, 11) is 0. The highest BCUT2D eigenvalue weighted by molar-refractivity contribution is 5.39. The van der Waals surface area contributed by atoms with Crippen LogP contribution in [0, 0.1) is 11.7 Å². The van der Waals surface area contributed by atoms with Crippen LogP contribution in [0.1, 0.15) is 49.7 Å². The molecule has 0 amide bonds. The van der Waals surface area contributed by atoms with Gasteiger partial charge in [0.15, 0.2) is 0 Å². The summed E-state index contributed by atoms with van der Waals surface area (Å²) in [6, 6.07) is 17.2. The van der Waals surface area contributed by atoms with Gasteiger partial charge in [0.05, 0.1) is 23.2 Å². The number of para-hydroxylation sites is 1. The molecule has 0 aliphatic carbocycles. The minimum absolute atomic E-state index is 0.199. The van der Waals surface area contributed by atoms with Crippen LogP contribution in [0.2, 0.25) is 0 Å². The van der Waals surface area contributed by atoms with Gasteiger partial charge in [-0.2, -0.15) is 5.10 Å². The smallest absolute Gasteiger partial charge is 0.123 e. The van der Waals surface area contributed by atoms with Gasteiger partial charge < -0.3 is 5.11 Å². The van der Waals surface area contributed by atoms with Gasteiger partial charge in [0.2, 0.25) is 0 Å². The second-order valence-electron chi connectivity index (χ2n) is 9.86. The van der Waals surface area contributed by atoms with E-state index in [1.54, 1.807) is 0 Å². The van der Waals surface area contributed by atoms with E-state index in [4.69, 9.17) is 5.10 Å². The van der Waals surface area contributed by atoms with Crippen molar-refractivity contribution in [2.75, 3.05) is 19.6 Å². The first kappa shape index (κ1) is 24.6. The van der Waals surface area contributed by atoms with Crippen molar-refractivity contribution in [2.45, 2.75) is 59.4 Å². The third kappa shape index (κ3) is 6.12. The van der Waals surface area contributed by atoms with Gasteiger partial charge in [0.25, 0.3) is 0 Å². The Morgan fingerprint density at radius 3 is 2.47 bits per heavy atom. The number of halogens is 1. The van der Waals surface area contributed by atoms with Crippen LogP contribution in [0.5, 0.6) is 0 Å². The van der Waals surface area contributed by atoms with Crippen molar-refractivity contribution < 1.29 is 9.50 Å². The van der Waals surface area contributed by atoms with Crippen LogP contribution in [0.15, 0.2) is 54.6 Å². The molecule has 4 rings (SSSR count). The van der Waals surface area contributed by atoms with Crippen molar-refractivity contribution in [3.05, 3.63) is 82.9 Å². The minimum atomic E-state index is -0.333. The van der Waals surface area contributed by atoms with E-state index in [9.17, 15) is 9.50 Å². The molecule has 34 heavy (non-hydrogen) atoms. The molecule has 0 saturated carbocycles. The number of aromatic nitrogens is 2. The molecule has 1 unspecified atom stereocenters. The van der Waals surface area contributed by atoms with E-state index < -0.39 is 0 Å². The van der Waals surface area contributed by atoms with E-state index >= 15 is 0 Å². The van der Waals surface area contributed by atoms with Crippen LogP contribution < -0.4 is 0 Å². The monoisotopic (exact) mass is 464 g/mol. The van der Waals surface area contributed by atoms with Gasteiger partial charge in [0.1, 0.15) is 5.82 Å². The maximum Gasteiger partial charge on any atom is 0.123 e. The van der Waals surface area contributed by atoms with Crippen molar-refractivity contribution in [1.29, 1.82) is 0 Å². The molecule has 1 atom stereocenters. The van der Waals surface area contributed by atoms with Gasteiger partial charge >= 0.3 is 0 Å². The highest BCUT2D eigenvalue weighted by Crippen LogP contribution is 2.27. The third-order valence-electron chi connectivity index (χ3n) is 6.48. The molecule has 0 fully saturated rings. The first-order valence-electron chi connectivity index (χ1n) is 12.4. The molecule has 6 heteroatoms. The molecule has 1 aliphatic rings. The maximum absolute atomic E-state index is 13.4. The van der Waals surface area contributed by atoms with Crippen molar-refractivity contribution in [3.63, 3.8) is 0 Å². The summed E-state index contributed by atoms with van der Waals surface area (Å²) in [5.74, 6) is 0.307. The Hall–Kier alpha value is -2.54. The zero-order chi connectivity index (χ0) is 24.1. The molecule has 2 aromatic carbocycles. The van der Waals surface area contributed by atoms with Crippen LogP contribution in [0.3, 0.4) is 0 Å². The number of aliphatic hydroxyl groups is 1. The Morgan fingerprint density at radius 2 is 1.79 bits per heavy atom. The molecule has 1 aliphatic heterocycles. The first-order chi connectivity index (χ1) is 16.4. The van der Waals surface area contributed by atoms with E-state index in [2.05, 4.69) is 52.6 Å². The second kappa shape index (κ2) is 11.3. The lowest BCUT2D eigenvalue weighted by atomic mass is 10.0. The van der Waals surface area contributed by atoms with E-state index in [1.807, 2.05) is 25.1 Å². The summed E-state index contributed by atoms with van der Waals surface area (Å²) in [6.45, 7) is 11.3. The average molecular weight is 465 g/mol. The Balaban J connectivity index is 1.63. The summed E-state index contributed by atoms with van der Waals surface area (Å²) in [4.78, 5) is 4.76. The van der Waals surface area contributed by atoms with Crippen LogP contribution in [0.25, 0.3) is 5.69 Å². The van der Waals surface area contributed by atoms with Crippen molar-refractivity contribution >= 4 is 0 Å². The molecular formula is C28H37FN4O. The SMILES string of the molecule is CCC(O)CN(Cc1nn(-c2ccccc2)c2c1CN(Cc1ccc(F)cc1)CC2)CC(C)C. The Morgan fingerprint density at radius 1 is 1.06 bits per heavy atom. The lowest BCUT2D eigenvalue weighted by Gasteiger charge is -2.29. The third-order valence-corrected chi connectivity index (χ3v) is 6.48. The molecule has 0 spiro atoms. The molecular weight excluding hydrogens is 427 g/mol. The normalized spacial score (nSPS) is 15.1. The number of hydrogen-bond donors (Lipinski definition) is 1. The molecule has 0 radical (unpaired) electrons. The first-order valence-corrected chi connectivity index (χ1v) is 12.4. The largest absolute Gasteiger partial charge is 0.392 e. The fourth-order valence-corrected chi connectivity index (χ4v) is 4.79. The molecule has 0 bridgehead atoms. The lowest BCUT2D eigenvalue weighted by molar-refractivity contribution is 0.0974. The molecule has 3 aromatic rings. The number of fused-ring (bicyclic) bond motifs is 1. The Labute approximate surface area is 202 Å². The molecule has 5 nitrogen and oxygen atoms in total. The zero-order valence-electron chi connectivity index (χ0n) is 20.6. The van der Waals surface area contributed by atoms with Crippen LogP contribution in [-0.4, -0.2) is 50.4 Å². The van der Waals surface area contributed by atoms with Gasteiger partial charge in [-0.15, -0.1) is 0 Å². The van der Waals surface area contributed by atoms with E-state index in [-0.39, 0.29) is 11.9 Å². The standard InChI is InChI=1S/C28H37FN4O/c1-4-25(34)18-32(16-21(2)3)20-27-26-19-31(17-22-10-12-23(29)13-11-22)15-14-28(26)33(30-27)24-8-6-5-7-9-24/h5-13,21,25,34H,4,14-20H2,1-3H3. The van der Waals surface area contributed by atoms with Crippen molar-refractivity contribution in [1.82, 2.24) is 19.6 Å². The number of aliphatic hydroxyl groups excluding tert-OH is 1. The van der Waals surface area contributed by atoms with Gasteiger partial charge in [-0.05, 0) is 42.2 Å². The molecule has 182 valence electrons. The van der Waals surface area contributed by atoms with Gasteiger partial charge in [-0.1, -0.05) is 51.1 Å². The van der Waals surface area contributed by atoms with E-state index in [0.29, 0.717) is 12.5 Å². The second-order valence-corrected chi connectivity index (χ2v) is 9.86. The highest BCUT2D eigenvalue weighted by Gasteiger charge is 2.27. The van der Waals surface area contributed by atoms with Crippen molar-refractivity contribution in [3.8, 4) is 5.69 Å². The maximum atomic E-state index is 13.4. The fourth-order valence-electron chi connectivity index (χ4n) is 4.79. The summed E-state index contributed by atoms with van der Waals surface area (Å²) < 4.78 is 15.5. The number of benzene rings is 2. The van der Waals surface area contributed by atoms with Gasteiger partial charge in [-0.25, -0.2) is 9.07 Å². The van der Waals surface area contributed by atoms with E-state index in [0.717, 1.165) is 62.5 Å². The minimum Gasteiger partial charge on any atom is -0.392 e. The van der Waals surface area contributed by atoms with Crippen LogP contribution in [-0.2, 0) is 26.1 Å². The van der Waals surface area contributed by atoms with Crippen LogP contribution in [0.4, 0.5) is 4.39 Å². The molecule has 2 heterocycles. The molecule has 1 aromatic heterocycles. The summed E-state index contributed by atoms with van der Waals surface area (Å²) in [5.41, 5.74) is 5.86. The van der Waals surface area contributed by atoms with E-state index in [1.165, 1.54) is 23.4 Å². The van der Waals surface area contributed by atoms with Gasteiger partial charge in [0, 0.05) is 51.3 Å². The zero-order valence-corrected chi connectivity index (χ0v) is 20.6. The fraction of sp³-hybridized carbons (Fsp3) is 0.464.